The summed E-state index contributed by atoms with van der Waals surface area (Å²) in [7, 11) is 0. The Hall–Kier alpha value is -0.240. The number of ether oxygens (including phenoxy) is 2. The van der Waals surface area contributed by atoms with E-state index in [1.165, 1.54) is 0 Å². The van der Waals surface area contributed by atoms with Crippen molar-refractivity contribution in [3.63, 3.8) is 0 Å². The van der Waals surface area contributed by atoms with E-state index < -0.39 is 42.9 Å². The number of rotatable bonds is 2. The predicted octanol–water partition coefficient (Wildman–Crippen LogP) is -1.40. The SMILES string of the molecule is CC(C)(C)OC1OC(CO)[C@@H](O)C(O)[C@@H]1O. The molecule has 0 aromatic carbocycles. The maximum absolute atomic E-state index is 9.64. The van der Waals surface area contributed by atoms with Crippen molar-refractivity contribution in [2.24, 2.45) is 0 Å². The summed E-state index contributed by atoms with van der Waals surface area (Å²) >= 11 is 0. The van der Waals surface area contributed by atoms with E-state index in [4.69, 9.17) is 14.6 Å². The van der Waals surface area contributed by atoms with Crippen LogP contribution in [0.15, 0.2) is 0 Å². The highest BCUT2D eigenvalue weighted by atomic mass is 16.7. The topological polar surface area (TPSA) is 99.4 Å². The smallest absolute Gasteiger partial charge is 0.187 e. The zero-order chi connectivity index (χ0) is 12.5. The van der Waals surface area contributed by atoms with Crippen molar-refractivity contribution in [3.8, 4) is 0 Å². The second-order valence-corrected chi connectivity index (χ2v) is 4.93. The fourth-order valence-electron chi connectivity index (χ4n) is 1.51. The van der Waals surface area contributed by atoms with Gasteiger partial charge in [-0.2, -0.15) is 0 Å². The van der Waals surface area contributed by atoms with Gasteiger partial charge in [-0.3, -0.25) is 0 Å². The lowest BCUT2D eigenvalue weighted by Crippen LogP contribution is -2.60. The van der Waals surface area contributed by atoms with Crippen molar-refractivity contribution in [3.05, 3.63) is 0 Å². The van der Waals surface area contributed by atoms with Crippen molar-refractivity contribution >= 4 is 0 Å². The number of aliphatic hydroxyl groups excluding tert-OH is 4. The molecular formula is C10H20O6. The first kappa shape index (κ1) is 13.8. The third-order valence-electron chi connectivity index (χ3n) is 2.32. The molecule has 3 unspecified atom stereocenters. The van der Waals surface area contributed by atoms with E-state index in [9.17, 15) is 15.3 Å². The predicted molar refractivity (Wildman–Crippen MR) is 54.6 cm³/mol. The first-order valence-corrected chi connectivity index (χ1v) is 5.24. The van der Waals surface area contributed by atoms with Crippen LogP contribution in [0, 0.1) is 0 Å². The van der Waals surface area contributed by atoms with Crippen LogP contribution in [0.5, 0.6) is 0 Å². The van der Waals surface area contributed by atoms with Gasteiger partial charge in [0.2, 0.25) is 0 Å². The van der Waals surface area contributed by atoms with E-state index in [-0.39, 0.29) is 0 Å². The first-order chi connectivity index (χ1) is 7.26. The summed E-state index contributed by atoms with van der Waals surface area (Å²) < 4.78 is 10.6. The Bertz CT molecular complexity index is 224. The summed E-state index contributed by atoms with van der Waals surface area (Å²) in [5, 5.41) is 37.6. The average Bonchev–Trinajstić information content (AvgIpc) is 2.17. The summed E-state index contributed by atoms with van der Waals surface area (Å²) in [5.74, 6) is 0. The highest BCUT2D eigenvalue weighted by Gasteiger charge is 2.45. The van der Waals surface area contributed by atoms with Crippen LogP contribution in [0.4, 0.5) is 0 Å². The lowest BCUT2D eigenvalue weighted by molar-refractivity contribution is -0.320. The Kier molecular flexibility index (Phi) is 4.28. The van der Waals surface area contributed by atoms with E-state index in [2.05, 4.69) is 0 Å². The Morgan fingerprint density at radius 1 is 1.06 bits per heavy atom. The van der Waals surface area contributed by atoms with E-state index in [1.54, 1.807) is 20.8 Å². The number of hydrogen-bond donors (Lipinski definition) is 4. The lowest BCUT2D eigenvalue weighted by Gasteiger charge is -2.41. The molecule has 16 heavy (non-hydrogen) atoms. The molecule has 0 aliphatic carbocycles. The van der Waals surface area contributed by atoms with Crippen LogP contribution in [0.3, 0.4) is 0 Å². The molecule has 1 aliphatic heterocycles. The second kappa shape index (κ2) is 4.95. The Balaban J connectivity index is 2.71. The summed E-state index contributed by atoms with van der Waals surface area (Å²) in [6.07, 6.45) is -6.06. The van der Waals surface area contributed by atoms with Crippen molar-refractivity contribution in [2.45, 2.75) is 57.1 Å². The molecule has 0 radical (unpaired) electrons. The van der Waals surface area contributed by atoms with Crippen LogP contribution in [0.1, 0.15) is 20.8 Å². The van der Waals surface area contributed by atoms with Crippen molar-refractivity contribution in [1.82, 2.24) is 0 Å². The fourth-order valence-corrected chi connectivity index (χ4v) is 1.51. The van der Waals surface area contributed by atoms with Crippen LogP contribution in [0.2, 0.25) is 0 Å². The third-order valence-corrected chi connectivity index (χ3v) is 2.32. The first-order valence-electron chi connectivity index (χ1n) is 5.24. The van der Waals surface area contributed by atoms with Crippen molar-refractivity contribution in [2.75, 3.05) is 6.61 Å². The van der Waals surface area contributed by atoms with Gasteiger partial charge in [0.25, 0.3) is 0 Å². The highest BCUT2D eigenvalue weighted by molar-refractivity contribution is 4.89. The van der Waals surface area contributed by atoms with E-state index in [0.717, 1.165) is 0 Å². The van der Waals surface area contributed by atoms with Crippen LogP contribution in [0.25, 0.3) is 0 Å². The Morgan fingerprint density at radius 3 is 2.06 bits per heavy atom. The third kappa shape index (κ3) is 3.13. The van der Waals surface area contributed by atoms with E-state index in [0.29, 0.717) is 0 Å². The summed E-state index contributed by atoms with van der Waals surface area (Å²) in [5.41, 5.74) is -0.562. The maximum Gasteiger partial charge on any atom is 0.187 e. The molecule has 4 N–H and O–H groups in total. The van der Waals surface area contributed by atoms with Crippen LogP contribution in [-0.2, 0) is 9.47 Å². The van der Waals surface area contributed by atoms with Gasteiger partial charge in [0, 0.05) is 0 Å². The highest BCUT2D eigenvalue weighted by Crippen LogP contribution is 2.25. The van der Waals surface area contributed by atoms with Gasteiger partial charge < -0.3 is 29.9 Å². The monoisotopic (exact) mass is 236 g/mol. The van der Waals surface area contributed by atoms with Gasteiger partial charge in [-0.1, -0.05) is 0 Å². The maximum atomic E-state index is 9.64. The molecule has 0 amide bonds. The molecule has 1 rings (SSSR count). The Labute approximate surface area is 94.4 Å². The standard InChI is InChI=1S/C10H20O6/c1-10(2,3)16-9-8(14)7(13)6(12)5(4-11)15-9/h5-9,11-14H,4H2,1-3H3/t5?,6-,7?,8+,9?/m1/s1. The second-order valence-electron chi connectivity index (χ2n) is 4.93. The minimum atomic E-state index is -1.39. The molecular weight excluding hydrogens is 216 g/mol. The van der Waals surface area contributed by atoms with Gasteiger partial charge in [0.15, 0.2) is 6.29 Å². The van der Waals surface area contributed by atoms with Gasteiger partial charge in [-0.05, 0) is 20.8 Å². The lowest BCUT2D eigenvalue weighted by atomic mass is 9.99. The molecule has 1 aliphatic rings. The van der Waals surface area contributed by atoms with Crippen LogP contribution >= 0.6 is 0 Å². The molecule has 5 atom stereocenters. The van der Waals surface area contributed by atoms with Crippen molar-refractivity contribution < 1.29 is 29.9 Å². The fraction of sp³-hybridized carbons (Fsp3) is 1.00. The minimum absolute atomic E-state index is 0.449. The average molecular weight is 236 g/mol. The normalized spacial score (nSPS) is 41.1. The quantitative estimate of drug-likeness (QED) is 0.471. The summed E-state index contributed by atoms with van der Waals surface area (Å²) in [4.78, 5) is 0. The molecule has 0 bridgehead atoms. The molecule has 1 saturated heterocycles. The van der Waals surface area contributed by atoms with Gasteiger partial charge in [-0.25, -0.2) is 0 Å². The van der Waals surface area contributed by atoms with Gasteiger partial charge >= 0.3 is 0 Å². The summed E-state index contributed by atoms with van der Waals surface area (Å²) in [6, 6.07) is 0. The zero-order valence-corrected chi connectivity index (χ0v) is 9.70. The van der Waals surface area contributed by atoms with Gasteiger partial charge in [-0.15, -0.1) is 0 Å². The largest absolute Gasteiger partial charge is 0.394 e. The van der Waals surface area contributed by atoms with Crippen LogP contribution in [-0.4, -0.2) is 63.3 Å². The minimum Gasteiger partial charge on any atom is -0.394 e. The van der Waals surface area contributed by atoms with Crippen molar-refractivity contribution in [1.29, 1.82) is 0 Å². The van der Waals surface area contributed by atoms with Gasteiger partial charge in [0.05, 0.1) is 12.2 Å². The molecule has 1 heterocycles. The number of aliphatic hydroxyl groups is 4. The molecule has 6 heteroatoms. The molecule has 0 saturated carbocycles. The molecule has 6 nitrogen and oxygen atoms in total. The Morgan fingerprint density at radius 2 is 1.62 bits per heavy atom. The molecule has 0 spiro atoms. The van der Waals surface area contributed by atoms with E-state index in [1.807, 2.05) is 0 Å². The van der Waals surface area contributed by atoms with E-state index >= 15 is 0 Å². The number of hydrogen-bond acceptors (Lipinski definition) is 6. The molecule has 1 fully saturated rings. The van der Waals surface area contributed by atoms with Gasteiger partial charge in [0.1, 0.15) is 24.4 Å². The summed E-state index contributed by atoms with van der Waals surface area (Å²) in [6.45, 7) is 4.87. The van der Waals surface area contributed by atoms with Crippen LogP contribution < -0.4 is 0 Å². The zero-order valence-electron chi connectivity index (χ0n) is 9.70. The molecule has 0 aromatic rings. The molecule has 96 valence electrons. The molecule has 0 aromatic heterocycles.